The summed E-state index contributed by atoms with van der Waals surface area (Å²) in [5.74, 6) is 0.607. The van der Waals surface area contributed by atoms with Crippen LogP contribution in [0.1, 0.15) is 11.1 Å². The van der Waals surface area contributed by atoms with Crippen LogP contribution < -0.4 is 4.90 Å². The van der Waals surface area contributed by atoms with E-state index in [0.717, 1.165) is 5.56 Å². The van der Waals surface area contributed by atoms with Gasteiger partial charge in [0.2, 0.25) is 5.91 Å². The van der Waals surface area contributed by atoms with E-state index in [4.69, 9.17) is 16.9 Å². The Bertz CT molecular complexity index is 754. The lowest BCUT2D eigenvalue weighted by molar-refractivity contribution is -0.131. The number of hydrogen-bond acceptors (Lipinski definition) is 4. The minimum absolute atomic E-state index is 0.0285. The van der Waals surface area contributed by atoms with Crippen LogP contribution in [0.2, 0.25) is 5.02 Å². The molecule has 0 atom stereocenters. The molecule has 1 aliphatic heterocycles. The number of amides is 1. The minimum atomic E-state index is 0.0285. The second-order valence-electron chi connectivity index (χ2n) is 5.35. The van der Waals surface area contributed by atoms with Crippen LogP contribution in [-0.2, 0) is 11.3 Å². The minimum Gasteiger partial charge on any atom is -0.344 e. The maximum Gasteiger partial charge on any atom is 0.242 e. The van der Waals surface area contributed by atoms with Gasteiger partial charge in [-0.05, 0) is 29.8 Å². The molecule has 2 aromatic rings. The van der Waals surface area contributed by atoms with E-state index in [1.54, 1.807) is 18.3 Å². The molecule has 1 aromatic heterocycles. The number of pyridine rings is 1. The molecule has 1 fully saturated rings. The SMILES string of the molecule is N#Cc1cccnc1N1CCN(Cc2ccc(Cl)cc2)C(=O)C1. The van der Waals surface area contributed by atoms with E-state index in [2.05, 4.69) is 11.1 Å². The molecule has 1 aliphatic rings. The summed E-state index contributed by atoms with van der Waals surface area (Å²) in [6.45, 7) is 2.06. The summed E-state index contributed by atoms with van der Waals surface area (Å²) in [4.78, 5) is 20.3. The molecule has 1 aromatic carbocycles. The van der Waals surface area contributed by atoms with E-state index in [1.807, 2.05) is 34.1 Å². The average molecular weight is 327 g/mol. The number of aromatic nitrogens is 1. The fourth-order valence-electron chi connectivity index (χ4n) is 2.60. The molecule has 0 saturated carbocycles. The first-order valence-corrected chi connectivity index (χ1v) is 7.67. The van der Waals surface area contributed by atoms with Gasteiger partial charge in [0.1, 0.15) is 11.9 Å². The van der Waals surface area contributed by atoms with Gasteiger partial charge in [-0.1, -0.05) is 23.7 Å². The fourth-order valence-corrected chi connectivity index (χ4v) is 2.73. The van der Waals surface area contributed by atoms with Gasteiger partial charge in [-0.3, -0.25) is 4.79 Å². The molecule has 0 spiro atoms. The molecule has 2 heterocycles. The van der Waals surface area contributed by atoms with Crippen molar-refractivity contribution in [3.63, 3.8) is 0 Å². The summed E-state index contributed by atoms with van der Waals surface area (Å²) < 4.78 is 0. The maximum atomic E-state index is 12.4. The number of nitrogens with zero attached hydrogens (tertiary/aromatic N) is 4. The fraction of sp³-hybridized carbons (Fsp3) is 0.235. The Hall–Kier alpha value is -2.58. The van der Waals surface area contributed by atoms with Gasteiger partial charge in [0, 0.05) is 30.9 Å². The third-order valence-electron chi connectivity index (χ3n) is 3.81. The summed E-state index contributed by atoms with van der Waals surface area (Å²) in [5, 5.41) is 9.85. The molecule has 0 radical (unpaired) electrons. The van der Waals surface area contributed by atoms with Crippen LogP contribution in [-0.4, -0.2) is 35.4 Å². The van der Waals surface area contributed by atoms with Gasteiger partial charge in [-0.25, -0.2) is 4.98 Å². The Labute approximate surface area is 139 Å². The predicted molar refractivity (Wildman–Crippen MR) is 88.0 cm³/mol. The van der Waals surface area contributed by atoms with Crippen LogP contribution in [0.3, 0.4) is 0 Å². The number of benzene rings is 1. The monoisotopic (exact) mass is 326 g/mol. The third-order valence-corrected chi connectivity index (χ3v) is 4.06. The van der Waals surface area contributed by atoms with E-state index >= 15 is 0 Å². The zero-order valence-electron chi connectivity index (χ0n) is 12.4. The van der Waals surface area contributed by atoms with Crippen LogP contribution in [0.4, 0.5) is 5.82 Å². The molecule has 0 unspecified atom stereocenters. The van der Waals surface area contributed by atoms with Crippen LogP contribution in [0.15, 0.2) is 42.6 Å². The Morgan fingerprint density at radius 2 is 2.00 bits per heavy atom. The predicted octanol–water partition coefficient (Wildman–Crippen LogP) is 2.46. The van der Waals surface area contributed by atoms with Gasteiger partial charge in [0.15, 0.2) is 0 Å². The summed E-state index contributed by atoms with van der Waals surface area (Å²) in [5.41, 5.74) is 1.54. The van der Waals surface area contributed by atoms with Crippen molar-refractivity contribution in [2.45, 2.75) is 6.54 Å². The summed E-state index contributed by atoms with van der Waals surface area (Å²) >= 11 is 5.88. The van der Waals surface area contributed by atoms with Gasteiger partial charge in [-0.15, -0.1) is 0 Å². The van der Waals surface area contributed by atoms with Crippen LogP contribution >= 0.6 is 11.6 Å². The summed E-state index contributed by atoms with van der Waals surface area (Å²) in [7, 11) is 0. The van der Waals surface area contributed by atoms with Gasteiger partial charge in [0.25, 0.3) is 0 Å². The molecule has 0 N–H and O–H groups in total. The van der Waals surface area contributed by atoms with Crippen LogP contribution in [0.5, 0.6) is 0 Å². The number of piperazine rings is 1. The number of hydrogen-bond donors (Lipinski definition) is 0. The zero-order valence-corrected chi connectivity index (χ0v) is 13.2. The number of rotatable bonds is 3. The van der Waals surface area contributed by atoms with Gasteiger partial charge in [0.05, 0.1) is 12.1 Å². The maximum absolute atomic E-state index is 12.4. The normalized spacial score (nSPS) is 14.7. The Morgan fingerprint density at radius 3 is 2.70 bits per heavy atom. The summed E-state index contributed by atoms with van der Waals surface area (Å²) in [6, 6.07) is 13.1. The van der Waals surface area contributed by atoms with Gasteiger partial charge >= 0.3 is 0 Å². The Morgan fingerprint density at radius 1 is 1.22 bits per heavy atom. The van der Waals surface area contributed by atoms with Gasteiger partial charge in [-0.2, -0.15) is 5.26 Å². The summed E-state index contributed by atoms with van der Waals surface area (Å²) in [6.07, 6.45) is 1.64. The highest BCUT2D eigenvalue weighted by Gasteiger charge is 2.26. The van der Waals surface area contributed by atoms with Crippen molar-refractivity contribution in [2.24, 2.45) is 0 Å². The lowest BCUT2D eigenvalue weighted by Crippen LogP contribution is -2.50. The molecule has 0 aliphatic carbocycles. The zero-order chi connectivity index (χ0) is 16.2. The van der Waals surface area contributed by atoms with E-state index in [-0.39, 0.29) is 12.5 Å². The van der Waals surface area contributed by atoms with Crippen molar-refractivity contribution in [3.8, 4) is 6.07 Å². The number of carbonyl (C=O) groups excluding carboxylic acids is 1. The molecule has 5 nitrogen and oxygen atoms in total. The molecule has 1 saturated heterocycles. The molecule has 23 heavy (non-hydrogen) atoms. The molecule has 116 valence electrons. The van der Waals surface area contributed by atoms with Crippen molar-refractivity contribution < 1.29 is 4.79 Å². The second-order valence-corrected chi connectivity index (χ2v) is 5.79. The van der Waals surface area contributed by atoms with Crippen LogP contribution in [0, 0.1) is 11.3 Å². The second kappa shape index (κ2) is 6.67. The number of halogens is 1. The first-order chi connectivity index (χ1) is 11.2. The number of carbonyl (C=O) groups is 1. The molecular formula is C17H15ClN4O. The molecule has 1 amide bonds. The van der Waals surface area contributed by atoms with Crippen molar-refractivity contribution in [1.82, 2.24) is 9.88 Å². The molecular weight excluding hydrogens is 312 g/mol. The third kappa shape index (κ3) is 3.43. The highest BCUT2D eigenvalue weighted by molar-refractivity contribution is 6.30. The smallest absolute Gasteiger partial charge is 0.242 e. The van der Waals surface area contributed by atoms with Crippen molar-refractivity contribution in [1.29, 1.82) is 5.26 Å². The first kappa shape index (κ1) is 15.3. The van der Waals surface area contributed by atoms with E-state index in [1.165, 1.54) is 0 Å². The van der Waals surface area contributed by atoms with Gasteiger partial charge < -0.3 is 9.80 Å². The largest absolute Gasteiger partial charge is 0.344 e. The highest BCUT2D eigenvalue weighted by atomic mass is 35.5. The lowest BCUT2D eigenvalue weighted by Gasteiger charge is -2.35. The first-order valence-electron chi connectivity index (χ1n) is 7.29. The van der Waals surface area contributed by atoms with E-state index in [0.29, 0.717) is 36.0 Å². The average Bonchev–Trinajstić information content (AvgIpc) is 2.58. The standard InChI is InChI=1S/C17H15ClN4O/c18-15-5-3-13(4-6-15)11-21-8-9-22(12-16(21)23)17-14(10-19)2-1-7-20-17/h1-7H,8-9,11-12H2. The van der Waals surface area contributed by atoms with E-state index < -0.39 is 0 Å². The van der Waals surface area contributed by atoms with Crippen molar-refractivity contribution in [3.05, 3.63) is 58.7 Å². The molecule has 3 rings (SSSR count). The highest BCUT2D eigenvalue weighted by Crippen LogP contribution is 2.19. The quantitative estimate of drug-likeness (QED) is 0.869. The Balaban J connectivity index is 1.69. The van der Waals surface area contributed by atoms with E-state index in [9.17, 15) is 4.79 Å². The molecule has 6 heteroatoms. The van der Waals surface area contributed by atoms with Crippen molar-refractivity contribution >= 4 is 23.3 Å². The number of anilines is 1. The van der Waals surface area contributed by atoms with Crippen LogP contribution in [0.25, 0.3) is 0 Å². The molecule has 0 bridgehead atoms. The lowest BCUT2D eigenvalue weighted by atomic mass is 10.2. The number of nitriles is 1. The topological polar surface area (TPSA) is 60.2 Å². The van der Waals surface area contributed by atoms with Crippen molar-refractivity contribution in [2.75, 3.05) is 24.5 Å². The Kier molecular flexibility index (Phi) is 4.45.